The Bertz CT molecular complexity index is 631. The molecule has 3 atom stereocenters. The van der Waals surface area contributed by atoms with Gasteiger partial charge < -0.3 is 14.8 Å². The van der Waals surface area contributed by atoms with E-state index in [2.05, 4.69) is 30.0 Å². The van der Waals surface area contributed by atoms with Crippen LogP contribution in [0.5, 0.6) is 11.5 Å². The molecule has 0 aliphatic heterocycles. The molecule has 3 N–H and O–H groups in total. The van der Waals surface area contributed by atoms with Crippen molar-refractivity contribution in [3.05, 3.63) is 23.8 Å². The third kappa shape index (κ3) is 6.57. The molecule has 0 heterocycles. The number of amides is 1. The van der Waals surface area contributed by atoms with Crippen LogP contribution >= 0.6 is 12.2 Å². The molecule has 0 saturated heterocycles. The second-order valence-electron chi connectivity index (χ2n) is 7.24. The van der Waals surface area contributed by atoms with Crippen molar-refractivity contribution < 1.29 is 14.3 Å². The van der Waals surface area contributed by atoms with E-state index in [1.165, 1.54) is 12.8 Å². The third-order valence-electron chi connectivity index (χ3n) is 5.39. The summed E-state index contributed by atoms with van der Waals surface area (Å²) in [7, 11) is 3.22. The zero-order chi connectivity index (χ0) is 19.8. The molecule has 1 aliphatic carbocycles. The van der Waals surface area contributed by atoms with Crippen LogP contribution in [-0.4, -0.2) is 31.3 Å². The lowest BCUT2D eigenvalue weighted by molar-refractivity contribution is -0.121. The quantitative estimate of drug-likeness (QED) is 0.510. The minimum Gasteiger partial charge on any atom is -0.497 e. The van der Waals surface area contributed by atoms with E-state index in [0.29, 0.717) is 47.3 Å². The van der Waals surface area contributed by atoms with Gasteiger partial charge in [0.1, 0.15) is 11.5 Å². The largest absolute Gasteiger partial charge is 0.497 e. The number of ether oxygens (including phenoxy) is 2. The van der Waals surface area contributed by atoms with Crippen molar-refractivity contribution in [3.63, 3.8) is 0 Å². The van der Waals surface area contributed by atoms with Crippen LogP contribution in [0.1, 0.15) is 45.1 Å². The van der Waals surface area contributed by atoms with Crippen LogP contribution in [0.25, 0.3) is 0 Å². The summed E-state index contributed by atoms with van der Waals surface area (Å²) in [5, 5.41) is 3.80. The van der Waals surface area contributed by atoms with Gasteiger partial charge in [-0.15, -0.1) is 0 Å². The summed E-state index contributed by atoms with van der Waals surface area (Å²) in [5.41, 5.74) is 6.47. The Hall–Kier alpha value is -2.02. The first-order valence-electron chi connectivity index (χ1n) is 9.50. The average molecular weight is 394 g/mol. The molecule has 1 fully saturated rings. The molecule has 2 rings (SSSR count). The van der Waals surface area contributed by atoms with E-state index in [4.69, 9.17) is 21.7 Å². The highest BCUT2D eigenvalue weighted by molar-refractivity contribution is 7.80. The number of hydrogen-bond donors (Lipinski definition) is 3. The number of aryl methyl sites for hydroxylation is 1. The lowest BCUT2D eigenvalue weighted by Crippen LogP contribution is -2.52. The Labute approximate surface area is 167 Å². The van der Waals surface area contributed by atoms with Crippen molar-refractivity contribution in [2.24, 2.45) is 11.8 Å². The number of carbonyl (C=O) groups is 1. The highest BCUT2D eigenvalue weighted by Crippen LogP contribution is 2.29. The molecule has 0 spiro atoms. The summed E-state index contributed by atoms with van der Waals surface area (Å²) in [4.78, 5) is 12.1. The molecule has 0 radical (unpaired) electrons. The van der Waals surface area contributed by atoms with E-state index in [9.17, 15) is 4.79 Å². The maximum absolute atomic E-state index is 12.1. The Morgan fingerprint density at radius 1 is 1.11 bits per heavy atom. The molecule has 0 aromatic heterocycles. The summed E-state index contributed by atoms with van der Waals surface area (Å²) in [5.74, 6) is 2.56. The van der Waals surface area contributed by atoms with Crippen LogP contribution < -0.4 is 25.6 Å². The van der Waals surface area contributed by atoms with Gasteiger partial charge >= 0.3 is 0 Å². The molecule has 0 bridgehead atoms. The first kappa shape index (κ1) is 21.3. The second kappa shape index (κ2) is 10.3. The first-order chi connectivity index (χ1) is 12.9. The van der Waals surface area contributed by atoms with Crippen LogP contribution in [0.2, 0.25) is 0 Å². The number of rotatable bonds is 6. The third-order valence-corrected chi connectivity index (χ3v) is 5.61. The molecule has 0 unspecified atom stereocenters. The molecule has 1 amide bonds. The molecule has 1 aromatic carbocycles. The van der Waals surface area contributed by atoms with Gasteiger partial charge in [0.05, 0.1) is 14.2 Å². The van der Waals surface area contributed by atoms with Gasteiger partial charge in [0, 0.05) is 18.5 Å². The molecular formula is C20H31N3O3S. The SMILES string of the molecule is COc1cc(CCC(=O)NNC(=S)N[C@@H]2CCC[C@H](C)[C@H]2C)cc(OC)c1. The number of carbonyl (C=O) groups excluding carboxylic acids is 1. The fourth-order valence-electron chi connectivity index (χ4n) is 3.45. The Balaban J connectivity index is 1.75. The summed E-state index contributed by atoms with van der Waals surface area (Å²) in [6, 6.07) is 5.97. The van der Waals surface area contributed by atoms with Gasteiger partial charge in [0.15, 0.2) is 5.11 Å². The number of benzene rings is 1. The van der Waals surface area contributed by atoms with Crippen molar-refractivity contribution in [2.75, 3.05) is 14.2 Å². The van der Waals surface area contributed by atoms with Crippen molar-refractivity contribution >= 4 is 23.2 Å². The Kier molecular flexibility index (Phi) is 8.16. The fourth-order valence-corrected chi connectivity index (χ4v) is 3.65. The number of nitrogens with one attached hydrogen (secondary N) is 3. The number of methoxy groups -OCH3 is 2. The van der Waals surface area contributed by atoms with Crippen LogP contribution in [0.15, 0.2) is 18.2 Å². The predicted octanol–water partition coefficient (Wildman–Crippen LogP) is 2.96. The standard InChI is InChI=1S/C20H31N3O3S/c1-13-6-5-7-18(14(13)2)21-20(27)23-22-19(24)9-8-15-10-16(25-3)12-17(11-15)26-4/h10-14,18H,5-9H2,1-4H3,(H,22,24)(H2,21,23,27)/t13-,14+,18+/m0/s1. The normalized spacial score (nSPS) is 21.9. The van der Waals surface area contributed by atoms with Crippen LogP contribution in [0, 0.1) is 11.8 Å². The van der Waals surface area contributed by atoms with Gasteiger partial charge in [0.25, 0.3) is 0 Å². The van der Waals surface area contributed by atoms with Gasteiger partial charge in [-0.05, 0) is 54.6 Å². The van der Waals surface area contributed by atoms with Gasteiger partial charge in [-0.2, -0.15) is 0 Å². The minimum absolute atomic E-state index is 0.119. The van der Waals surface area contributed by atoms with Gasteiger partial charge in [0.2, 0.25) is 5.91 Å². The summed E-state index contributed by atoms with van der Waals surface area (Å²) < 4.78 is 10.5. The zero-order valence-electron chi connectivity index (χ0n) is 16.6. The number of hydrogen-bond acceptors (Lipinski definition) is 4. The second-order valence-corrected chi connectivity index (χ2v) is 7.65. The van der Waals surface area contributed by atoms with Crippen molar-refractivity contribution in [3.8, 4) is 11.5 Å². The van der Waals surface area contributed by atoms with Crippen LogP contribution in [0.4, 0.5) is 0 Å². The highest BCUT2D eigenvalue weighted by Gasteiger charge is 2.27. The van der Waals surface area contributed by atoms with E-state index in [-0.39, 0.29) is 5.91 Å². The van der Waals surface area contributed by atoms with E-state index >= 15 is 0 Å². The molecule has 27 heavy (non-hydrogen) atoms. The van der Waals surface area contributed by atoms with Crippen LogP contribution in [-0.2, 0) is 11.2 Å². The van der Waals surface area contributed by atoms with E-state index in [1.807, 2.05) is 18.2 Å². The summed E-state index contributed by atoms with van der Waals surface area (Å²) in [6.45, 7) is 4.54. The molecule has 6 nitrogen and oxygen atoms in total. The minimum atomic E-state index is -0.119. The maximum Gasteiger partial charge on any atom is 0.238 e. The molecule has 1 aliphatic rings. The van der Waals surface area contributed by atoms with Crippen molar-refractivity contribution in [2.45, 2.75) is 52.0 Å². The summed E-state index contributed by atoms with van der Waals surface area (Å²) >= 11 is 5.32. The lowest BCUT2D eigenvalue weighted by Gasteiger charge is -2.35. The first-order valence-corrected chi connectivity index (χ1v) is 9.91. The average Bonchev–Trinajstić information content (AvgIpc) is 2.68. The summed E-state index contributed by atoms with van der Waals surface area (Å²) in [6.07, 6.45) is 4.51. The molecule has 1 saturated carbocycles. The molecule has 150 valence electrons. The van der Waals surface area contributed by atoms with E-state index in [0.717, 1.165) is 12.0 Å². The highest BCUT2D eigenvalue weighted by atomic mass is 32.1. The molecule has 7 heteroatoms. The van der Waals surface area contributed by atoms with E-state index < -0.39 is 0 Å². The van der Waals surface area contributed by atoms with Crippen LogP contribution in [0.3, 0.4) is 0 Å². The topological polar surface area (TPSA) is 71.6 Å². The van der Waals surface area contributed by atoms with Gasteiger partial charge in [-0.25, -0.2) is 0 Å². The van der Waals surface area contributed by atoms with E-state index in [1.54, 1.807) is 14.2 Å². The number of thiocarbonyl (C=S) groups is 1. The Morgan fingerprint density at radius 3 is 2.41 bits per heavy atom. The smallest absolute Gasteiger partial charge is 0.238 e. The monoisotopic (exact) mass is 393 g/mol. The predicted molar refractivity (Wildman–Crippen MR) is 111 cm³/mol. The van der Waals surface area contributed by atoms with Crippen molar-refractivity contribution in [1.82, 2.24) is 16.2 Å². The zero-order valence-corrected chi connectivity index (χ0v) is 17.4. The van der Waals surface area contributed by atoms with Gasteiger partial charge in [-0.1, -0.05) is 26.7 Å². The molecule has 1 aromatic rings. The van der Waals surface area contributed by atoms with Gasteiger partial charge in [-0.3, -0.25) is 15.6 Å². The number of hydrazine groups is 1. The fraction of sp³-hybridized carbons (Fsp3) is 0.600. The lowest BCUT2D eigenvalue weighted by atomic mass is 9.78. The Morgan fingerprint density at radius 2 is 1.78 bits per heavy atom. The van der Waals surface area contributed by atoms with Crippen molar-refractivity contribution in [1.29, 1.82) is 0 Å². The maximum atomic E-state index is 12.1. The molecular weight excluding hydrogens is 362 g/mol.